The number of hydrogen-bond donors (Lipinski definition) is 1. The van der Waals surface area contributed by atoms with Gasteiger partial charge in [-0.1, -0.05) is 50.2 Å². The zero-order chi connectivity index (χ0) is 21.7. The van der Waals surface area contributed by atoms with Crippen LogP contribution in [0.3, 0.4) is 0 Å². The molecule has 0 saturated carbocycles. The molecule has 0 aliphatic heterocycles. The van der Waals surface area contributed by atoms with E-state index in [-0.39, 0.29) is 11.6 Å². The lowest BCUT2D eigenvalue weighted by Gasteiger charge is -2.16. The quantitative estimate of drug-likeness (QED) is 0.479. The molecule has 0 fully saturated rings. The van der Waals surface area contributed by atoms with Crippen LogP contribution in [0.5, 0.6) is 11.5 Å². The Hall–Kier alpha value is -3.34. The Bertz CT molecular complexity index is 1030. The molecule has 3 aromatic carbocycles. The summed E-state index contributed by atoms with van der Waals surface area (Å²) in [5.41, 5.74) is 3.57. The molecule has 0 spiro atoms. The van der Waals surface area contributed by atoms with E-state index in [9.17, 15) is 9.18 Å². The first kappa shape index (κ1) is 21.4. The molecule has 156 valence electrons. The Balaban J connectivity index is 1.97. The van der Waals surface area contributed by atoms with E-state index in [4.69, 9.17) is 9.47 Å². The third-order valence-corrected chi connectivity index (χ3v) is 4.98. The van der Waals surface area contributed by atoms with Crippen molar-refractivity contribution in [2.45, 2.75) is 26.3 Å². The summed E-state index contributed by atoms with van der Waals surface area (Å²) in [5.74, 6) is 0.928. The lowest BCUT2D eigenvalue weighted by atomic mass is 9.97. The van der Waals surface area contributed by atoms with Gasteiger partial charge >= 0.3 is 0 Å². The number of hydrogen-bond acceptors (Lipinski definition) is 4. The summed E-state index contributed by atoms with van der Waals surface area (Å²) in [6.07, 6.45) is 0. The number of nitrogens with one attached hydrogen (secondary N) is 1. The molecule has 1 N–H and O–H groups in total. The van der Waals surface area contributed by atoms with Crippen molar-refractivity contribution in [1.82, 2.24) is 0 Å². The highest BCUT2D eigenvalue weighted by Gasteiger charge is 2.19. The highest BCUT2D eigenvalue weighted by atomic mass is 19.1. The van der Waals surface area contributed by atoms with Gasteiger partial charge in [0.25, 0.3) is 0 Å². The molecule has 0 atom stereocenters. The predicted octanol–water partition coefficient (Wildman–Crippen LogP) is 5.81. The smallest absolute Gasteiger partial charge is 0.195 e. The SMILES string of the molecule is COc1cc(NCc2cccc(F)c2)c(C(=O)c2ccc(C(C)C)cc2)cc1OC. The Morgan fingerprint density at radius 3 is 2.23 bits per heavy atom. The molecule has 4 nitrogen and oxygen atoms in total. The van der Waals surface area contributed by atoms with Gasteiger partial charge in [-0.2, -0.15) is 0 Å². The average molecular weight is 407 g/mol. The maximum atomic E-state index is 13.5. The molecule has 0 amide bonds. The van der Waals surface area contributed by atoms with E-state index in [1.54, 1.807) is 25.3 Å². The van der Waals surface area contributed by atoms with Crippen LogP contribution in [-0.4, -0.2) is 20.0 Å². The van der Waals surface area contributed by atoms with E-state index in [1.165, 1.54) is 24.8 Å². The third-order valence-electron chi connectivity index (χ3n) is 4.98. The van der Waals surface area contributed by atoms with Crippen molar-refractivity contribution < 1.29 is 18.7 Å². The van der Waals surface area contributed by atoms with E-state index >= 15 is 0 Å². The van der Waals surface area contributed by atoms with Crippen LogP contribution < -0.4 is 14.8 Å². The second-order valence-electron chi connectivity index (χ2n) is 7.34. The van der Waals surface area contributed by atoms with Gasteiger partial charge in [0, 0.05) is 29.4 Å². The van der Waals surface area contributed by atoms with Crippen LogP contribution in [0.1, 0.15) is 46.8 Å². The van der Waals surface area contributed by atoms with Crippen molar-refractivity contribution in [1.29, 1.82) is 0 Å². The molecule has 0 aromatic heterocycles. The summed E-state index contributed by atoms with van der Waals surface area (Å²) in [6.45, 7) is 4.58. The normalized spacial score (nSPS) is 10.7. The molecule has 3 rings (SSSR count). The molecule has 3 aromatic rings. The maximum absolute atomic E-state index is 13.5. The van der Waals surface area contributed by atoms with Crippen molar-refractivity contribution >= 4 is 11.5 Å². The maximum Gasteiger partial charge on any atom is 0.195 e. The molecule has 0 unspecified atom stereocenters. The Morgan fingerprint density at radius 1 is 0.967 bits per heavy atom. The number of ketones is 1. The highest BCUT2D eigenvalue weighted by molar-refractivity contribution is 6.12. The van der Waals surface area contributed by atoms with Gasteiger partial charge in [-0.3, -0.25) is 4.79 Å². The van der Waals surface area contributed by atoms with Crippen molar-refractivity contribution in [2.24, 2.45) is 0 Å². The minimum absolute atomic E-state index is 0.131. The van der Waals surface area contributed by atoms with E-state index in [0.717, 1.165) is 5.56 Å². The molecular formula is C25H26FNO3. The second-order valence-corrected chi connectivity index (χ2v) is 7.34. The largest absolute Gasteiger partial charge is 0.493 e. The van der Waals surface area contributed by atoms with Crippen molar-refractivity contribution in [2.75, 3.05) is 19.5 Å². The van der Waals surface area contributed by atoms with Crippen LogP contribution >= 0.6 is 0 Å². The highest BCUT2D eigenvalue weighted by Crippen LogP contribution is 2.35. The minimum Gasteiger partial charge on any atom is -0.493 e. The van der Waals surface area contributed by atoms with Crippen LogP contribution in [0.25, 0.3) is 0 Å². The topological polar surface area (TPSA) is 47.6 Å². The van der Waals surface area contributed by atoms with Gasteiger partial charge in [-0.25, -0.2) is 4.39 Å². The van der Waals surface area contributed by atoms with E-state index in [1.807, 2.05) is 30.3 Å². The fourth-order valence-electron chi connectivity index (χ4n) is 3.23. The fourth-order valence-corrected chi connectivity index (χ4v) is 3.23. The molecule has 30 heavy (non-hydrogen) atoms. The van der Waals surface area contributed by atoms with Gasteiger partial charge in [-0.05, 0) is 35.2 Å². The first-order valence-corrected chi connectivity index (χ1v) is 9.82. The summed E-state index contributed by atoms with van der Waals surface area (Å²) >= 11 is 0. The van der Waals surface area contributed by atoms with Gasteiger partial charge in [0.1, 0.15) is 5.82 Å². The summed E-state index contributed by atoms with van der Waals surface area (Å²) in [5, 5.41) is 3.24. The van der Waals surface area contributed by atoms with Gasteiger partial charge in [-0.15, -0.1) is 0 Å². The van der Waals surface area contributed by atoms with Crippen LogP contribution in [0.2, 0.25) is 0 Å². The van der Waals surface area contributed by atoms with Gasteiger partial charge < -0.3 is 14.8 Å². The Labute approximate surface area is 176 Å². The van der Waals surface area contributed by atoms with Gasteiger partial charge in [0.05, 0.1) is 14.2 Å². The minimum atomic E-state index is -0.303. The molecule has 0 bridgehead atoms. The van der Waals surface area contributed by atoms with Gasteiger partial charge in [0.2, 0.25) is 0 Å². The first-order chi connectivity index (χ1) is 14.4. The zero-order valence-corrected chi connectivity index (χ0v) is 17.7. The van der Waals surface area contributed by atoms with Crippen LogP contribution in [0.4, 0.5) is 10.1 Å². The number of halogens is 1. The monoisotopic (exact) mass is 407 g/mol. The zero-order valence-electron chi connectivity index (χ0n) is 17.7. The summed E-state index contributed by atoms with van der Waals surface area (Å²) in [4.78, 5) is 13.3. The van der Waals surface area contributed by atoms with Crippen LogP contribution in [-0.2, 0) is 6.54 Å². The molecule has 0 saturated heterocycles. The first-order valence-electron chi connectivity index (χ1n) is 9.82. The lowest BCUT2D eigenvalue weighted by Crippen LogP contribution is -2.09. The standard InChI is InChI=1S/C25H26FNO3/c1-16(2)18-8-10-19(11-9-18)25(28)21-13-23(29-3)24(30-4)14-22(21)27-15-17-6-5-7-20(26)12-17/h5-14,16,27H,15H2,1-4H3. The average Bonchev–Trinajstić information content (AvgIpc) is 2.76. The van der Waals surface area contributed by atoms with Crippen LogP contribution in [0.15, 0.2) is 60.7 Å². The number of ether oxygens (including phenoxy) is 2. The predicted molar refractivity (Wildman–Crippen MR) is 117 cm³/mol. The van der Waals surface area contributed by atoms with E-state index in [0.29, 0.717) is 40.8 Å². The van der Waals surface area contributed by atoms with Crippen molar-refractivity contribution in [3.63, 3.8) is 0 Å². The number of anilines is 1. The van der Waals surface area contributed by atoms with Crippen LogP contribution in [0, 0.1) is 5.82 Å². The van der Waals surface area contributed by atoms with E-state index in [2.05, 4.69) is 19.2 Å². The Morgan fingerprint density at radius 2 is 1.63 bits per heavy atom. The number of rotatable bonds is 8. The second kappa shape index (κ2) is 9.44. The molecule has 0 radical (unpaired) electrons. The summed E-state index contributed by atoms with van der Waals surface area (Å²) < 4.78 is 24.3. The number of carbonyl (C=O) groups excluding carboxylic acids is 1. The fraction of sp³-hybridized carbons (Fsp3) is 0.240. The third kappa shape index (κ3) is 4.79. The number of carbonyl (C=O) groups is 1. The Kier molecular flexibility index (Phi) is 6.72. The summed E-state index contributed by atoms with van der Waals surface area (Å²) in [7, 11) is 3.07. The molecule has 0 aliphatic carbocycles. The molecule has 0 heterocycles. The number of methoxy groups -OCH3 is 2. The summed E-state index contributed by atoms with van der Waals surface area (Å²) in [6, 6.07) is 17.4. The molecular weight excluding hydrogens is 381 g/mol. The van der Waals surface area contributed by atoms with Crippen molar-refractivity contribution in [3.05, 3.63) is 88.7 Å². The lowest BCUT2D eigenvalue weighted by molar-refractivity contribution is 0.103. The van der Waals surface area contributed by atoms with Crippen molar-refractivity contribution in [3.8, 4) is 11.5 Å². The van der Waals surface area contributed by atoms with Gasteiger partial charge in [0.15, 0.2) is 17.3 Å². The molecule has 5 heteroatoms. The molecule has 0 aliphatic rings. The number of benzene rings is 3. The van der Waals surface area contributed by atoms with E-state index < -0.39 is 0 Å².